The second-order valence-electron chi connectivity index (χ2n) is 7.94. The third-order valence-corrected chi connectivity index (χ3v) is 5.45. The number of ether oxygens (including phenoxy) is 2. The summed E-state index contributed by atoms with van der Waals surface area (Å²) in [4.78, 5) is 23.6. The zero-order chi connectivity index (χ0) is 21.9. The highest BCUT2D eigenvalue weighted by molar-refractivity contribution is 5.86. The third-order valence-electron chi connectivity index (χ3n) is 5.45. The third kappa shape index (κ3) is 4.52. The molecule has 2 aromatic rings. The van der Waals surface area contributed by atoms with Crippen molar-refractivity contribution in [3.05, 3.63) is 71.3 Å². The monoisotopic (exact) mass is 405 g/mol. The number of hydrogen-bond acceptors (Lipinski definition) is 5. The first kappa shape index (κ1) is 21.1. The van der Waals surface area contributed by atoms with Gasteiger partial charge in [0, 0.05) is 5.57 Å². The molecule has 0 radical (unpaired) electrons. The van der Waals surface area contributed by atoms with E-state index in [-0.39, 0.29) is 35.4 Å². The second kappa shape index (κ2) is 8.42. The van der Waals surface area contributed by atoms with Gasteiger partial charge in [-0.05, 0) is 48.1 Å². The molecule has 2 unspecified atom stereocenters. The van der Waals surface area contributed by atoms with Gasteiger partial charge in [0.25, 0.3) is 0 Å². The molecule has 1 saturated carbocycles. The molecule has 154 valence electrons. The van der Waals surface area contributed by atoms with Crippen LogP contribution in [0, 0.1) is 28.6 Å². The van der Waals surface area contributed by atoms with Crippen LogP contribution in [0.2, 0.25) is 0 Å². The standard InChI is InChI=1S/C24H23NO5/c1-15(22(26)27)11-19-21(24(19,2)3)23(28)29-14-16-9-10-17(13-25)20(12-16)30-18-7-5-4-6-8-18/h4-12,19,21H,14H2,1-3H3,(H,26,27)/b15-11-. The lowest BCUT2D eigenvalue weighted by atomic mass is 10.1. The van der Waals surface area contributed by atoms with Crippen LogP contribution in [0.25, 0.3) is 0 Å². The van der Waals surface area contributed by atoms with Gasteiger partial charge in [0.1, 0.15) is 24.2 Å². The average molecular weight is 405 g/mol. The molecule has 0 heterocycles. The van der Waals surface area contributed by atoms with E-state index in [4.69, 9.17) is 14.6 Å². The molecule has 2 atom stereocenters. The van der Waals surface area contributed by atoms with Crippen molar-refractivity contribution in [3.63, 3.8) is 0 Å². The zero-order valence-corrected chi connectivity index (χ0v) is 17.1. The zero-order valence-electron chi connectivity index (χ0n) is 17.1. The molecule has 0 spiro atoms. The highest BCUT2D eigenvalue weighted by Gasteiger charge is 2.61. The second-order valence-corrected chi connectivity index (χ2v) is 7.94. The van der Waals surface area contributed by atoms with Gasteiger partial charge in [0.2, 0.25) is 0 Å². The summed E-state index contributed by atoms with van der Waals surface area (Å²) in [5.41, 5.74) is 0.949. The van der Waals surface area contributed by atoms with Gasteiger partial charge in [0.05, 0.1) is 11.5 Å². The van der Waals surface area contributed by atoms with Gasteiger partial charge in [-0.2, -0.15) is 5.26 Å². The Morgan fingerprint density at radius 3 is 2.53 bits per heavy atom. The van der Waals surface area contributed by atoms with Gasteiger partial charge in [0.15, 0.2) is 0 Å². The quantitative estimate of drug-likeness (QED) is 0.530. The molecule has 0 bridgehead atoms. The number of carbonyl (C=O) groups excluding carboxylic acids is 1. The normalized spacial score (nSPS) is 19.5. The van der Waals surface area contributed by atoms with E-state index in [1.165, 1.54) is 6.92 Å². The Kier molecular flexibility index (Phi) is 5.93. The van der Waals surface area contributed by atoms with Crippen molar-refractivity contribution in [1.82, 2.24) is 0 Å². The van der Waals surface area contributed by atoms with Crippen LogP contribution in [-0.2, 0) is 20.9 Å². The van der Waals surface area contributed by atoms with E-state index >= 15 is 0 Å². The minimum Gasteiger partial charge on any atom is -0.478 e. The number of carboxylic acids is 1. The van der Waals surface area contributed by atoms with Crippen LogP contribution in [-0.4, -0.2) is 17.0 Å². The summed E-state index contributed by atoms with van der Waals surface area (Å²) < 4.78 is 11.3. The molecule has 6 heteroatoms. The first-order valence-electron chi connectivity index (χ1n) is 9.58. The summed E-state index contributed by atoms with van der Waals surface area (Å²) in [6, 6.07) is 16.2. The van der Waals surface area contributed by atoms with Crippen molar-refractivity contribution in [2.75, 3.05) is 0 Å². The predicted octanol–water partition coefficient (Wildman–Crippen LogP) is 4.70. The van der Waals surface area contributed by atoms with Crippen LogP contribution in [0.4, 0.5) is 0 Å². The number of esters is 1. The topological polar surface area (TPSA) is 96.6 Å². The number of nitriles is 1. The van der Waals surface area contributed by atoms with Gasteiger partial charge in [-0.1, -0.05) is 44.2 Å². The van der Waals surface area contributed by atoms with Gasteiger partial charge in [-0.3, -0.25) is 4.79 Å². The van der Waals surface area contributed by atoms with Crippen molar-refractivity contribution in [2.24, 2.45) is 17.3 Å². The fourth-order valence-electron chi connectivity index (χ4n) is 3.47. The van der Waals surface area contributed by atoms with E-state index in [1.807, 2.05) is 32.0 Å². The molecule has 3 rings (SSSR count). The number of rotatable bonds is 7. The number of hydrogen-bond donors (Lipinski definition) is 1. The molecule has 1 aliphatic carbocycles. The number of aliphatic carboxylic acids is 1. The summed E-state index contributed by atoms with van der Waals surface area (Å²) in [7, 11) is 0. The smallest absolute Gasteiger partial charge is 0.330 e. The Hall–Kier alpha value is -3.59. The average Bonchev–Trinajstić information content (AvgIpc) is 3.26. The van der Waals surface area contributed by atoms with Crippen LogP contribution in [0.5, 0.6) is 11.5 Å². The van der Waals surface area contributed by atoms with Crippen molar-refractivity contribution in [3.8, 4) is 17.6 Å². The van der Waals surface area contributed by atoms with Crippen LogP contribution >= 0.6 is 0 Å². The van der Waals surface area contributed by atoms with Crippen molar-refractivity contribution >= 4 is 11.9 Å². The minimum atomic E-state index is -0.992. The molecular formula is C24H23NO5. The fourth-order valence-corrected chi connectivity index (χ4v) is 3.47. The summed E-state index contributed by atoms with van der Waals surface area (Å²) in [5, 5.41) is 18.4. The van der Waals surface area contributed by atoms with E-state index < -0.39 is 5.97 Å². The number of nitrogens with zero attached hydrogens (tertiary/aromatic N) is 1. The molecule has 1 aliphatic rings. The van der Waals surface area contributed by atoms with E-state index in [9.17, 15) is 14.9 Å². The van der Waals surface area contributed by atoms with Crippen LogP contribution < -0.4 is 4.74 Å². The molecule has 0 amide bonds. The number of carbonyl (C=O) groups is 2. The fraction of sp³-hybridized carbons (Fsp3) is 0.292. The summed E-state index contributed by atoms with van der Waals surface area (Å²) in [6.45, 7) is 5.40. The van der Waals surface area contributed by atoms with E-state index in [2.05, 4.69) is 6.07 Å². The van der Waals surface area contributed by atoms with Crippen LogP contribution in [0.1, 0.15) is 31.9 Å². The summed E-state index contributed by atoms with van der Waals surface area (Å²) in [5.74, 6) is -0.917. The van der Waals surface area contributed by atoms with Crippen LogP contribution in [0.15, 0.2) is 60.2 Å². The Morgan fingerprint density at radius 2 is 1.90 bits per heavy atom. The van der Waals surface area contributed by atoms with Gasteiger partial charge in [-0.15, -0.1) is 0 Å². The SMILES string of the molecule is C/C(=C/C1C(C(=O)OCc2ccc(C#N)c(Oc3ccccc3)c2)C1(C)C)C(=O)O. The predicted molar refractivity (Wildman–Crippen MR) is 110 cm³/mol. The van der Waals surface area contributed by atoms with E-state index in [0.29, 0.717) is 22.6 Å². The Morgan fingerprint density at radius 1 is 1.20 bits per heavy atom. The first-order chi connectivity index (χ1) is 14.2. The number of para-hydroxylation sites is 1. The molecule has 1 fully saturated rings. The van der Waals surface area contributed by atoms with Crippen molar-refractivity contribution in [1.29, 1.82) is 5.26 Å². The van der Waals surface area contributed by atoms with Crippen molar-refractivity contribution in [2.45, 2.75) is 27.4 Å². The highest BCUT2D eigenvalue weighted by atomic mass is 16.5. The largest absolute Gasteiger partial charge is 0.478 e. The highest BCUT2D eigenvalue weighted by Crippen LogP contribution is 2.59. The number of carboxylic acid groups (broad SMARTS) is 1. The molecule has 6 nitrogen and oxygen atoms in total. The minimum absolute atomic E-state index is 0.0383. The molecule has 0 saturated heterocycles. The number of benzene rings is 2. The van der Waals surface area contributed by atoms with Crippen molar-refractivity contribution < 1.29 is 24.2 Å². The maximum Gasteiger partial charge on any atom is 0.330 e. The molecule has 2 aromatic carbocycles. The van der Waals surface area contributed by atoms with Gasteiger partial charge in [-0.25, -0.2) is 4.79 Å². The van der Waals surface area contributed by atoms with E-state index in [1.54, 1.807) is 36.4 Å². The first-order valence-corrected chi connectivity index (χ1v) is 9.58. The maximum atomic E-state index is 12.6. The lowest BCUT2D eigenvalue weighted by Crippen LogP contribution is -2.10. The van der Waals surface area contributed by atoms with Gasteiger partial charge >= 0.3 is 11.9 Å². The van der Waals surface area contributed by atoms with Crippen LogP contribution in [0.3, 0.4) is 0 Å². The lowest BCUT2D eigenvalue weighted by molar-refractivity contribution is -0.147. The molecule has 1 N–H and O–H groups in total. The molecular weight excluding hydrogens is 382 g/mol. The van der Waals surface area contributed by atoms with Gasteiger partial charge < -0.3 is 14.6 Å². The summed E-state index contributed by atoms with van der Waals surface area (Å²) >= 11 is 0. The molecule has 30 heavy (non-hydrogen) atoms. The lowest BCUT2D eigenvalue weighted by Gasteiger charge is -2.10. The Labute approximate surface area is 175 Å². The number of allylic oxidation sites excluding steroid dienone is 1. The van der Waals surface area contributed by atoms with E-state index in [0.717, 1.165) is 0 Å². The Balaban J connectivity index is 1.68. The molecule has 0 aliphatic heterocycles. The molecule has 0 aromatic heterocycles. The maximum absolute atomic E-state index is 12.6. The Bertz CT molecular complexity index is 1030. The summed E-state index contributed by atoms with van der Waals surface area (Å²) in [6.07, 6.45) is 1.63.